The highest BCUT2D eigenvalue weighted by Gasteiger charge is 2.29. The number of ether oxygens (including phenoxy) is 6. The lowest BCUT2D eigenvalue weighted by molar-refractivity contribution is 0.0593. The summed E-state index contributed by atoms with van der Waals surface area (Å²) in [6.07, 6.45) is 5.84. The number of methoxy groups -OCH3 is 3. The Bertz CT molecular complexity index is 3700. The molecule has 18 nitrogen and oxygen atoms in total. The minimum absolute atomic E-state index is 0.316. The molecule has 0 amide bonds. The van der Waals surface area contributed by atoms with Gasteiger partial charge >= 0.3 is 23.9 Å². The van der Waals surface area contributed by atoms with Crippen LogP contribution in [0.4, 0.5) is 17.1 Å². The van der Waals surface area contributed by atoms with Gasteiger partial charge in [0, 0.05) is 132 Å². The second kappa shape index (κ2) is 28.3. The van der Waals surface area contributed by atoms with E-state index in [4.69, 9.17) is 46.1 Å². The number of carboxylic acid groups (broad SMARTS) is 1. The fourth-order valence-electron chi connectivity index (χ4n) is 12.0. The van der Waals surface area contributed by atoms with Crippen LogP contribution < -0.4 is 15.1 Å². The largest absolute Gasteiger partial charge is 0.478 e. The van der Waals surface area contributed by atoms with Gasteiger partial charge in [-0.2, -0.15) is 0 Å². The highest BCUT2D eigenvalue weighted by Crippen LogP contribution is 2.39. The fourth-order valence-corrected chi connectivity index (χ4v) is 12.4. The van der Waals surface area contributed by atoms with Crippen LogP contribution in [0.25, 0.3) is 43.9 Å². The van der Waals surface area contributed by atoms with Crippen LogP contribution in [-0.4, -0.2) is 121 Å². The lowest BCUT2D eigenvalue weighted by Gasteiger charge is -2.36. The molecule has 3 saturated heterocycles. The number of anilines is 3. The highest BCUT2D eigenvalue weighted by atomic mass is 79.9. The van der Waals surface area contributed by atoms with Crippen molar-refractivity contribution in [2.75, 3.05) is 89.2 Å². The Kier molecular flexibility index (Phi) is 21.2. The molecule has 19 heteroatoms. The maximum Gasteiger partial charge on any atom is 0.338 e. The summed E-state index contributed by atoms with van der Waals surface area (Å²) in [7, 11) is 4.20. The van der Waals surface area contributed by atoms with E-state index in [1.165, 1.54) is 21.3 Å². The normalized spacial score (nSPS) is 14.9. The number of hydrogen-bond donors (Lipinski definition) is 2. The number of nitrogens with zero attached hydrogens (tertiary/aromatic N) is 2. The summed E-state index contributed by atoms with van der Waals surface area (Å²) in [5, 5.41) is 16.3. The first-order valence-electron chi connectivity index (χ1n) is 29.0. The maximum atomic E-state index is 12.4. The predicted octanol–water partition coefficient (Wildman–Crippen LogP) is 14.6. The highest BCUT2D eigenvalue weighted by molar-refractivity contribution is 9.10. The molecule has 7 heterocycles. The molecule has 11 rings (SSSR count). The molecular weight excluding hydrogens is 1150 g/mol. The van der Waals surface area contributed by atoms with Crippen molar-refractivity contribution in [3.05, 3.63) is 121 Å². The van der Waals surface area contributed by atoms with Gasteiger partial charge in [0.2, 0.25) is 0 Å². The SMILES string of the molecule is CCN(c1cc2oc(C)cc2c(C(=O)O)c1C)C1CCOCC1.CCN(c1cc2oc(C)cc2c(C(=O)OC)c1C)C1CCOCC1.COC(=O)c1c(C)c(Br)cc2oc(C)cc12.COC(=O)c1c(C)c(NC2CCOCC2)cc2oc(C)cc12. The van der Waals surface area contributed by atoms with Crippen LogP contribution in [0.5, 0.6) is 0 Å². The van der Waals surface area contributed by atoms with Crippen LogP contribution in [0.3, 0.4) is 0 Å². The summed E-state index contributed by atoms with van der Waals surface area (Å²) in [4.78, 5) is 52.8. The Labute approximate surface area is 504 Å². The van der Waals surface area contributed by atoms with Crippen molar-refractivity contribution in [2.45, 2.75) is 126 Å². The monoisotopic (exact) mass is 1230 g/mol. The van der Waals surface area contributed by atoms with E-state index >= 15 is 0 Å². The number of esters is 3. The molecular formula is C66H80BrN3O15. The van der Waals surface area contributed by atoms with E-state index < -0.39 is 5.97 Å². The lowest BCUT2D eigenvalue weighted by Crippen LogP contribution is -2.40. The lowest BCUT2D eigenvalue weighted by atomic mass is 9.98. The van der Waals surface area contributed by atoms with E-state index in [9.17, 15) is 24.3 Å². The second-order valence-electron chi connectivity index (χ2n) is 21.7. The number of furan rings is 4. The Morgan fingerprint density at radius 2 is 0.812 bits per heavy atom. The number of aromatic carboxylic acids is 1. The van der Waals surface area contributed by atoms with Crippen LogP contribution in [0, 0.1) is 55.4 Å². The number of halogens is 1. The molecule has 2 N–H and O–H groups in total. The van der Waals surface area contributed by atoms with Crippen molar-refractivity contribution in [3.63, 3.8) is 0 Å². The van der Waals surface area contributed by atoms with Crippen LogP contribution >= 0.6 is 15.9 Å². The Hall–Kier alpha value is -7.32. The van der Waals surface area contributed by atoms with Crippen molar-refractivity contribution in [1.29, 1.82) is 0 Å². The van der Waals surface area contributed by atoms with Crippen molar-refractivity contribution >= 4 is 101 Å². The average Bonchev–Trinajstić information content (AvgIpc) is 2.53. The molecule has 0 radical (unpaired) electrons. The van der Waals surface area contributed by atoms with E-state index in [0.717, 1.165) is 180 Å². The number of hydrogen-bond acceptors (Lipinski definition) is 17. The standard InChI is InChI=1S/C19H25NO4.C18H23NO4.C17H21NO4.C12H11BrO3/c1-5-20(14-6-8-23-9-7-14)16-11-17-15(10-12(2)24-17)18(13(16)3)19(21)22-4;1-4-19(13-5-7-22-8-6-13)15-10-16-14(9-11(2)23-16)17(12(15)3)18(20)21;1-10-8-13-15(22-10)9-14(11(2)16(13)17(19)20-3)18-12-4-6-21-7-5-12;1-6-4-8-10(16-6)5-9(13)7(2)11(8)12(14)15-3/h10-11,14H,5-9H2,1-4H3;9-10,13H,4-8H2,1-3H3,(H,20,21);8-9,12,18H,4-7H2,1-3H3;4-5H,1-3H3. The Balaban J connectivity index is 0.000000149. The molecule has 456 valence electrons. The molecule has 0 bridgehead atoms. The minimum Gasteiger partial charge on any atom is -0.478 e. The van der Waals surface area contributed by atoms with Gasteiger partial charge < -0.3 is 66.3 Å². The van der Waals surface area contributed by atoms with E-state index in [2.05, 4.69) is 51.0 Å². The number of carboxylic acids is 1. The van der Waals surface area contributed by atoms with Crippen LogP contribution in [-0.2, 0) is 28.4 Å². The number of nitrogens with one attached hydrogen (secondary N) is 1. The summed E-state index contributed by atoms with van der Waals surface area (Å²) in [6.45, 7) is 25.7. The summed E-state index contributed by atoms with van der Waals surface area (Å²) < 4.78 is 54.7. The first kappa shape index (κ1) is 63.7. The summed E-state index contributed by atoms with van der Waals surface area (Å²) >= 11 is 3.41. The molecule has 85 heavy (non-hydrogen) atoms. The van der Waals surface area contributed by atoms with E-state index in [1.807, 2.05) is 91.8 Å². The van der Waals surface area contributed by atoms with Crippen molar-refractivity contribution in [3.8, 4) is 0 Å². The number of benzene rings is 4. The molecule has 0 unspecified atom stereocenters. The molecule has 3 aliphatic heterocycles. The van der Waals surface area contributed by atoms with E-state index in [0.29, 0.717) is 62.5 Å². The zero-order chi connectivity index (χ0) is 61.4. The minimum atomic E-state index is -0.904. The van der Waals surface area contributed by atoms with Gasteiger partial charge in [-0.3, -0.25) is 0 Å². The van der Waals surface area contributed by atoms with Gasteiger partial charge in [0.15, 0.2) is 0 Å². The predicted molar refractivity (Wildman–Crippen MR) is 333 cm³/mol. The third-order valence-corrected chi connectivity index (χ3v) is 17.1. The molecule has 4 aromatic carbocycles. The van der Waals surface area contributed by atoms with Crippen LogP contribution in [0.1, 0.15) is 139 Å². The van der Waals surface area contributed by atoms with Crippen molar-refractivity contribution in [2.24, 2.45) is 0 Å². The van der Waals surface area contributed by atoms with E-state index in [-0.39, 0.29) is 17.9 Å². The van der Waals surface area contributed by atoms with Gasteiger partial charge in [-0.1, -0.05) is 15.9 Å². The first-order valence-corrected chi connectivity index (χ1v) is 29.8. The number of rotatable bonds is 12. The number of carbonyl (C=O) groups is 4. The van der Waals surface area contributed by atoms with Crippen molar-refractivity contribution < 1.29 is 70.4 Å². The third-order valence-electron chi connectivity index (χ3n) is 16.2. The fraction of sp³-hybridized carbons (Fsp3) is 0.455. The quantitative estimate of drug-likeness (QED) is 0.0859. The molecule has 3 fully saturated rings. The molecule has 0 aliphatic carbocycles. The topological polar surface area (TPSA) is 215 Å². The second-order valence-corrected chi connectivity index (χ2v) is 22.6. The van der Waals surface area contributed by atoms with Gasteiger partial charge in [0.25, 0.3) is 0 Å². The smallest absolute Gasteiger partial charge is 0.338 e. The Morgan fingerprint density at radius 1 is 0.482 bits per heavy atom. The number of fused-ring (bicyclic) bond motifs is 4. The van der Waals surface area contributed by atoms with Crippen LogP contribution in [0.2, 0.25) is 0 Å². The van der Waals surface area contributed by atoms with Gasteiger partial charge in [0.05, 0.1) is 43.6 Å². The molecule has 3 aliphatic rings. The average molecular weight is 1240 g/mol. The Morgan fingerprint density at radius 3 is 1.19 bits per heavy atom. The van der Waals surface area contributed by atoms with Gasteiger partial charge in [-0.05, 0) is 160 Å². The summed E-state index contributed by atoms with van der Waals surface area (Å²) in [5.74, 6) is 1.18. The summed E-state index contributed by atoms with van der Waals surface area (Å²) in [5.41, 5.74) is 11.3. The third kappa shape index (κ3) is 14.0. The maximum absolute atomic E-state index is 12.4. The number of carbonyl (C=O) groups excluding carboxylic acids is 3. The molecule has 8 aromatic rings. The zero-order valence-electron chi connectivity index (χ0n) is 51.2. The zero-order valence-corrected chi connectivity index (χ0v) is 52.8. The summed E-state index contributed by atoms with van der Waals surface area (Å²) in [6, 6.07) is 16.5. The van der Waals surface area contributed by atoms with Gasteiger partial charge in [-0.25, -0.2) is 19.2 Å². The molecule has 0 atom stereocenters. The van der Waals surface area contributed by atoms with Crippen molar-refractivity contribution in [1.82, 2.24) is 0 Å². The van der Waals surface area contributed by atoms with Crippen LogP contribution in [0.15, 0.2) is 70.7 Å². The molecule has 4 aromatic heterocycles. The molecule has 0 saturated carbocycles. The van der Waals surface area contributed by atoms with Gasteiger partial charge in [-0.15, -0.1) is 0 Å². The number of aryl methyl sites for hydroxylation is 4. The van der Waals surface area contributed by atoms with Gasteiger partial charge in [0.1, 0.15) is 45.4 Å². The molecule has 0 spiro atoms. The van der Waals surface area contributed by atoms with E-state index in [1.54, 1.807) is 6.07 Å². The first-order chi connectivity index (χ1) is 40.7.